The summed E-state index contributed by atoms with van der Waals surface area (Å²) < 4.78 is 0. The predicted molar refractivity (Wildman–Crippen MR) is 78.0 cm³/mol. The molecular formula is C12H21N7O. The van der Waals surface area contributed by atoms with Crippen molar-refractivity contribution in [2.24, 2.45) is 0 Å². The Bertz CT molecular complexity index is 487. The lowest BCUT2D eigenvalue weighted by Crippen LogP contribution is -2.39. The van der Waals surface area contributed by atoms with Gasteiger partial charge in [-0.05, 0) is 19.8 Å². The molecular weight excluding hydrogens is 258 g/mol. The van der Waals surface area contributed by atoms with Crippen LogP contribution in [0.4, 0.5) is 17.8 Å². The maximum absolute atomic E-state index is 11.9. The maximum atomic E-state index is 11.9. The Morgan fingerprint density at radius 2 is 1.90 bits per heavy atom. The van der Waals surface area contributed by atoms with Gasteiger partial charge in [0, 0.05) is 27.2 Å². The second-order valence-corrected chi connectivity index (χ2v) is 5.08. The van der Waals surface area contributed by atoms with Crippen LogP contribution in [0.2, 0.25) is 0 Å². The average molecular weight is 279 g/mol. The van der Waals surface area contributed by atoms with Gasteiger partial charge in [-0.2, -0.15) is 15.0 Å². The Kier molecular flexibility index (Phi) is 4.21. The second-order valence-electron chi connectivity index (χ2n) is 5.08. The Morgan fingerprint density at radius 1 is 1.25 bits per heavy atom. The van der Waals surface area contributed by atoms with Crippen molar-refractivity contribution in [1.29, 1.82) is 0 Å². The normalized spacial score (nSPS) is 15.4. The van der Waals surface area contributed by atoms with Gasteiger partial charge in [0.25, 0.3) is 0 Å². The molecule has 8 nitrogen and oxygen atoms in total. The van der Waals surface area contributed by atoms with Gasteiger partial charge in [0.05, 0.1) is 0 Å². The lowest BCUT2D eigenvalue weighted by molar-refractivity contribution is -0.121. The van der Waals surface area contributed by atoms with Crippen LogP contribution in [0.5, 0.6) is 0 Å². The number of carbonyl (C=O) groups is 1. The molecule has 1 heterocycles. The molecule has 8 heteroatoms. The van der Waals surface area contributed by atoms with Gasteiger partial charge in [-0.3, -0.25) is 4.79 Å². The number of nitrogens with zero attached hydrogens (tertiary/aromatic N) is 4. The Hall–Kier alpha value is -2.12. The first kappa shape index (κ1) is 14.3. The summed E-state index contributed by atoms with van der Waals surface area (Å²) in [6, 6.07) is -0.0481. The highest BCUT2D eigenvalue weighted by Crippen LogP contribution is 2.19. The van der Waals surface area contributed by atoms with E-state index in [2.05, 4.69) is 30.9 Å². The van der Waals surface area contributed by atoms with Crippen molar-refractivity contribution < 1.29 is 4.79 Å². The molecule has 20 heavy (non-hydrogen) atoms. The number of hydrogen-bond acceptors (Lipinski definition) is 7. The molecule has 0 saturated heterocycles. The lowest BCUT2D eigenvalue weighted by atomic mass is 10.3. The van der Waals surface area contributed by atoms with Crippen molar-refractivity contribution in [3.8, 4) is 0 Å². The molecule has 0 radical (unpaired) electrons. The molecule has 1 amide bonds. The SMILES string of the molecule is CNc1nc(NC(C)C(=O)NC2CC2)nc(N(C)C)n1. The van der Waals surface area contributed by atoms with Crippen LogP contribution < -0.4 is 20.9 Å². The molecule has 1 saturated carbocycles. The van der Waals surface area contributed by atoms with E-state index in [4.69, 9.17) is 0 Å². The molecule has 2 rings (SSSR count). The van der Waals surface area contributed by atoms with Crippen molar-refractivity contribution in [2.45, 2.75) is 31.8 Å². The van der Waals surface area contributed by atoms with Gasteiger partial charge in [-0.1, -0.05) is 0 Å². The molecule has 110 valence electrons. The zero-order valence-corrected chi connectivity index (χ0v) is 12.3. The van der Waals surface area contributed by atoms with E-state index in [1.165, 1.54) is 0 Å². The Balaban J connectivity index is 2.06. The maximum Gasteiger partial charge on any atom is 0.242 e. The number of amides is 1. The highest BCUT2D eigenvalue weighted by Gasteiger charge is 2.26. The molecule has 0 spiro atoms. The topological polar surface area (TPSA) is 95.1 Å². The van der Waals surface area contributed by atoms with Crippen molar-refractivity contribution >= 4 is 23.8 Å². The van der Waals surface area contributed by atoms with E-state index in [-0.39, 0.29) is 5.91 Å². The molecule has 1 aromatic heterocycles. The van der Waals surface area contributed by atoms with Crippen LogP contribution in [-0.4, -0.2) is 54.1 Å². The lowest BCUT2D eigenvalue weighted by Gasteiger charge is -2.16. The molecule has 1 unspecified atom stereocenters. The fourth-order valence-electron chi connectivity index (χ4n) is 1.55. The molecule has 1 aliphatic carbocycles. The van der Waals surface area contributed by atoms with E-state index in [1.807, 2.05) is 14.1 Å². The van der Waals surface area contributed by atoms with Crippen LogP contribution in [-0.2, 0) is 4.79 Å². The highest BCUT2D eigenvalue weighted by atomic mass is 16.2. The van der Waals surface area contributed by atoms with Crippen LogP contribution in [0, 0.1) is 0 Å². The Labute approximate surface area is 118 Å². The minimum absolute atomic E-state index is 0.0367. The highest BCUT2D eigenvalue weighted by molar-refractivity contribution is 5.84. The van der Waals surface area contributed by atoms with Crippen molar-refractivity contribution in [2.75, 3.05) is 36.7 Å². The second kappa shape index (κ2) is 5.89. The summed E-state index contributed by atoms with van der Waals surface area (Å²) in [5.74, 6) is 1.33. The molecule has 1 atom stereocenters. The summed E-state index contributed by atoms with van der Waals surface area (Å²) >= 11 is 0. The van der Waals surface area contributed by atoms with Gasteiger partial charge in [0.15, 0.2) is 0 Å². The van der Waals surface area contributed by atoms with E-state index in [0.717, 1.165) is 12.8 Å². The zero-order chi connectivity index (χ0) is 14.7. The van der Waals surface area contributed by atoms with Crippen molar-refractivity contribution in [1.82, 2.24) is 20.3 Å². The van der Waals surface area contributed by atoms with E-state index >= 15 is 0 Å². The molecule has 1 aromatic rings. The third-order valence-electron chi connectivity index (χ3n) is 2.91. The van der Waals surface area contributed by atoms with Gasteiger partial charge in [-0.25, -0.2) is 0 Å². The van der Waals surface area contributed by atoms with Gasteiger partial charge in [0.2, 0.25) is 23.8 Å². The third kappa shape index (κ3) is 3.69. The molecule has 1 fully saturated rings. The van der Waals surface area contributed by atoms with Crippen LogP contribution in [0.1, 0.15) is 19.8 Å². The molecule has 1 aliphatic rings. The molecule has 0 aromatic carbocycles. The molecule has 0 aliphatic heterocycles. The van der Waals surface area contributed by atoms with Gasteiger partial charge >= 0.3 is 0 Å². The first-order chi connectivity index (χ1) is 9.49. The predicted octanol–water partition coefficient (Wildman–Crippen LogP) is 0.0583. The van der Waals surface area contributed by atoms with E-state index < -0.39 is 6.04 Å². The zero-order valence-electron chi connectivity index (χ0n) is 12.3. The van der Waals surface area contributed by atoms with E-state index in [0.29, 0.717) is 23.9 Å². The summed E-state index contributed by atoms with van der Waals surface area (Å²) in [7, 11) is 5.44. The molecule has 3 N–H and O–H groups in total. The smallest absolute Gasteiger partial charge is 0.242 e. The summed E-state index contributed by atoms with van der Waals surface area (Å²) in [5, 5.41) is 8.82. The third-order valence-corrected chi connectivity index (χ3v) is 2.91. The summed E-state index contributed by atoms with van der Waals surface area (Å²) in [6.07, 6.45) is 2.14. The van der Waals surface area contributed by atoms with E-state index in [1.54, 1.807) is 18.9 Å². The number of nitrogens with one attached hydrogen (secondary N) is 3. The minimum atomic E-state index is -0.391. The summed E-state index contributed by atoms with van der Waals surface area (Å²) in [5.41, 5.74) is 0. The van der Waals surface area contributed by atoms with Crippen LogP contribution >= 0.6 is 0 Å². The van der Waals surface area contributed by atoms with Crippen molar-refractivity contribution in [3.63, 3.8) is 0 Å². The fraction of sp³-hybridized carbons (Fsp3) is 0.667. The first-order valence-electron chi connectivity index (χ1n) is 6.67. The largest absolute Gasteiger partial charge is 0.357 e. The van der Waals surface area contributed by atoms with Crippen LogP contribution in [0.3, 0.4) is 0 Å². The van der Waals surface area contributed by atoms with Crippen LogP contribution in [0.25, 0.3) is 0 Å². The number of carbonyl (C=O) groups excluding carboxylic acids is 1. The Morgan fingerprint density at radius 3 is 2.45 bits per heavy atom. The number of aromatic nitrogens is 3. The van der Waals surface area contributed by atoms with Crippen LogP contribution in [0.15, 0.2) is 0 Å². The van der Waals surface area contributed by atoms with Gasteiger partial charge in [0.1, 0.15) is 6.04 Å². The number of anilines is 3. The standard InChI is InChI=1S/C12H21N7O/c1-7(9(20)15-8-5-6-8)14-11-16-10(13-2)17-12(18-11)19(3)4/h7-8H,5-6H2,1-4H3,(H,15,20)(H2,13,14,16,17,18). The molecule has 0 bridgehead atoms. The quantitative estimate of drug-likeness (QED) is 0.677. The number of hydrogen-bond donors (Lipinski definition) is 3. The van der Waals surface area contributed by atoms with E-state index in [9.17, 15) is 4.79 Å². The van der Waals surface area contributed by atoms with Gasteiger partial charge in [-0.15, -0.1) is 0 Å². The van der Waals surface area contributed by atoms with Crippen molar-refractivity contribution in [3.05, 3.63) is 0 Å². The van der Waals surface area contributed by atoms with Gasteiger partial charge < -0.3 is 20.9 Å². The number of rotatable bonds is 6. The first-order valence-corrected chi connectivity index (χ1v) is 6.67. The minimum Gasteiger partial charge on any atom is -0.357 e. The average Bonchev–Trinajstić information content (AvgIpc) is 3.22. The summed E-state index contributed by atoms with van der Waals surface area (Å²) in [6.45, 7) is 1.79. The monoisotopic (exact) mass is 279 g/mol. The fourth-order valence-corrected chi connectivity index (χ4v) is 1.55. The summed E-state index contributed by atoms with van der Waals surface area (Å²) in [4.78, 5) is 26.4.